The van der Waals surface area contributed by atoms with Gasteiger partial charge in [0.1, 0.15) is 6.17 Å². The van der Waals surface area contributed by atoms with Gasteiger partial charge in [0.05, 0.1) is 0 Å². The Bertz CT molecular complexity index is 74.1. The van der Waals surface area contributed by atoms with E-state index in [1.54, 1.807) is 6.92 Å². The van der Waals surface area contributed by atoms with Crippen LogP contribution < -0.4 is 5.73 Å². The summed E-state index contributed by atoms with van der Waals surface area (Å²) in [7, 11) is 0. The molecule has 0 radical (unpaired) electrons. The zero-order valence-electron chi connectivity index (χ0n) is 4.15. The highest BCUT2D eigenvalue weighted by Crippen LogP contribution is 2.35. The van der Waals surface area contributed by atoms with E-state index in [-0.39, 0.29) is 12.4 Å². The summed E-state index contributed by atoms with van der Waals surface area (Å²) in [5.74, 6) is 0. The number of nitrogens with two attached hydrogens (primary N) is 1. The average molecular weight is 126 g/mol. The Morgan fingerprint density at radius 2 is 2.00 bits per heavy atom. The van der Waals surface area contributed by atoms with E-state index in [1.165, 1.54) is 0 Å². The fourth-order valence-corrected chi connectivity index (χ4v) is 0.327. The predicted octanol–water partition coefficient (Wildman–Crippen LogP) is 0.867. The molecule has 44 valence electrons. The third-order valence-electron chi connectivity index (χ3n) is 1.17. The second-order valence-electron chi connectivity index (χ2n) is 2.18. The van der Waals surface area contributed by atoms with Gasteiger partial charge in [-0.25, -0.2) is 4.39 Å². The molecular weight excluding hydrogens is 117 g/mol. The van der Waals surface area contributed by atoms with Crippen molar-refractivity contribution in [2.24, 2.45) is 5.73 Å². The Morgan fingerprint density at radius 3 is 2.00 bits per heavy atom. The van der Waals surface area contributed by atoms with Crippen molar-refractivity contribution in [3.8, 4) is 0 Å². The molecule has 1 aliphatic rings. The van der Waals surface area contributed by atoms with Crippen LogP contribution in [0.25, 0.3) is 0 Å². The molecule has 1 saturated carbocycles. The minimum atomic E-state index is -0.725. The van der Waals surface area contributed by atoms with E-state index in [1.807, 2.05) is 0 Å². The van der Waals surface area contributed by atoms with Gasteiger partial charge in [-0.3, -0.25) is 0 Å². The van der Waals surface area contributed by atoms with Crippen LogP contribution in [0.3, 0.4) is 0 Å². The maximum atomic E-state index is 11.8. The summed E-state index contributed by atoms with van der Waals surface area (Å²) in [5, 5.41) is 0. The fraction of sp³-hybridized carbons (Fsp3) is 1.00. The van der Waals surface area contributed by atoms with Crippen molar-refractivity contribution in [2.45, 2.75) is 25.1 Å². The summed E-state index contributed by atoms with van der Waals surface area (Å²) >= 11 is 0. The van der Waals surface area contributed by atoms with Crippen LogP contribution in [0.5, 0.6) is 0 Å². The predicted molar refractivity (Wildman–Crippen MR) is 29.4 cm³/mol. The molecule has 2 N–H and O–H groups in total. The van der Waals surface area contributed by atoms with Crippen molar-refractivity contribution in [3.05, 3.63) is 0 Å². The van der Waals surface area contributed by atoms with Gasteiger partial charge in [0, 0.05) is 12.0 Å². The minimum absolute atomic E-state index is 0. The van der Waals surface area contributed by atoms with Gasteiger partial charge in [-0.2, -0.15) is 0 Å². The first-order valence-electron chi connectivity index (χ1n) is 2.06. The summed E-state index contributed by atoms with van der Waals surface area (Å²) in [4.78, 5) is 0. The van der Waals surface area contributed by atoms with Gasteiger partial charge in [-0.1, -0.05) is 0 Å². The van der Waals surface area contributed by atoms with Crippen LogP contribution >= 0.6 is 12.4 Å². The van der Waals surface area contributed by atoms with E-state index >= 15 is 0 Å². The highest BCUT2D eigenvalue weighted by molar-refractivity contribution is 5.85. The smallest absolute Gasteiger partial charge is 0.120 e. The molecule has 0 aliphatic heterocycles. The van der Waals surface area contributed by atoms with Gasteiger partial charge >= 0.3 is 0 Å². The molecule has 1 rings (SSSR count). The van der Waals surface area contributed by atoms with E-state index in [0.29, 0.717) is 6.42 Å². The number of alkyl halides is 1. The molecule has 0 amide bonds. The third kappa shape index (κ3) is 1.28. The molecule has 0 aromatic rings. The van der Waals surface area contributed by atoms with E-state index in [4.69, 9.17) is 5.73 Å². The quantitative estimate of drug-likeness (QED) is 0.511. The van der Waals surface area contributed by atoms with Gasteiger partial charge < -0.3 is 5.73 Å². The molecular formula is C4H9ClFN. The molecule has 2 atom stereocenters. The van der Waals surface area contributed by atoms with Crippen LogP contribution in [0.15, 0.2) is 0 Å². The Morgan fingerprint density at radius 1 is 1.86 bits per heavy atom. The lowest BCUT2D eigenvalue weighted by Gasteiger charge is -1.90. The second-order valence-corrected chi connectivity index (χ2v) is 2.18. The average Bonchev–Trinajstić information content (AvgIpc) is 1.73. The van der Waals surface area contributed by atoms with Crippen molar-refractivity contribution >= 4 is 12.4 Å². The minimum Gasteiger partial charge on any atom is -0.323 e. The molecule has 2 unspecified atom stereocenters. The SMILES string of the molecule is CC1(N)CC1F.Cl. The molecule has 0 aromatic carbocycles. The Kier molecular flexibility index (Phi) is 1.64. The fourth-order valence-electron chi connectivity index (χ4n) is 0.327. The van der Waals surface area contributed by atoms with Crippen molar-refractivity contribution in [3.63, 3.8) is 0 Å². The van der Waals surface area contributed by atoms with Crippen molar-refractivity contribution in [2.75, 3.05) is 0 Å². The maximum Gasteiger partial charge on any atom is 0.120 e. The largest absolute Gasteiger partial charge is 0.323 e. The van der Waals surface area contributed by atoms with Crippen LogP contribution in [0.2, 0.25) is 0 Å². The molecule has 0 saturated heterocycles. The Balaban J connectivity index is 0.000000360. The first-order valence-corrected chi connectivity index (χ1v) is 2.06. The molecule has 0 spiro atoms. The molecule has 1 fully saturated rings. The lowest BCUT2D eigenvalue weighted by Crippen LogP contribution is -2.19. The Labute approximate surface area is 48.5 Å². The number of halogens is 2. The van der Waals surface area contributed by atoms with E-state index in [0.717, 1.165) is 0 Å². The van der Waals surface area contributed by atoms with Crippen LogP contribution in [-0.4, -0.2) is 11.7 Å². The zero-order chi connectivity index (χ0) is 4.78. The van der Waals surface area contributed by atoms with Crippen LogP contribution in [0.4, 0.5) is 4.39 Å². The van der Waals surface area contributed by atoms with Crippen LogP contribution in [-0.2, 0) is 0 Å². The summed E-state index contributed by atoms with van der Waals surface area (Å²) in [6, 6.07) is 0. The van der Waals surface area contributed by atoms with Crippen molar-refractivity contribution < 1.29 is 4.39 Å². The summed E-state index contributed by atoms with van der Waals surface area (Å²) < 4.78 is 11.8. The normalized spacial score (nSPS) is 47.6. The van der Waals surface area contributed by atoms with E-state index in [2.05, 4.69) is 0 Å². The number of hydrogen-bond donors (Lipinski definition) is 1. The Hall–Kier alpha value is 0.180. The number of rotatable bonds is 0. The van der Waals surface area contributed by atoms with Crippen molar-refractivity contribution in [1.29, 1.82) is 0 Å². The summed E-state index contributed by atoms with van der Waals surface area (Å²) in [6.07, 6.45) is -0.176. The number of hydrogen-bond acceptors (Lipinski definition) is 1. The van der Waals surface area contributed by atoms with Crippen LogP contribution in [0.1, 0.15) is 13.3 Å². The lowest BCUT2D eigenvalue weighted by molar-refractivity contribution is 0.432. The first kappa shape index (κ1) is 7.18. The van der Waals surface area contributed by atoms with Gasteiger partial charge in [-0.05, 0) is 6.92 Å². The summed E-state index contributed by atoms with van der Waals surface area (Å²) in [6.45, 7) is 1.72. The maximum absolute atomic E-state index is 11.8. The highest BCUT2D eigenvalue weighted by atomic mass is 35.5. The van der Waals surface area contributed by atoms with Gasteiger partial charge in [0.2, 0.25) is 0 Å². The molecule has 1 nitrogen and oxygen atoms in total. The van der Waals surface area contributed by atoms with Crippen LogP contribution in [0, 0.1) is 0 Å². The summed E-state index contributed by atoms with van der Waals surface area (Å²) in [5.41, 5.74) is 4.78. The molecule has 7 heavy (non-hydrogen) atoms. The monoisotopic (exact) mass is 125 g/mol. The van der Waals surface area contributed by atoms with Crippen molar-refractivity contribution in [1.82, 2.24) is 0 Å². The molecule has 1 aliphatic carbocycles. The molecule has 0 aromatic heterocycles. The zero-order valence-corrected chi connectivity index (χ0v) is 4.96. The highest BCUT2D eigenvalue weighted by Gasteiger charge is 2.47. The lowest BCUT2D eigenvalue weighted by atomic mass is 10.4. The van der Waals surface area contributed by atoms with E-state index in [9.17, 15) is 4.39 Å². The first-order chi connectivity index (χ1) is 2.63. The van der Waals surface area contributed by atoms with E-state index < -0.39 is 11.7 Å². The molecule has 0 heterocycles. The molecule has 0 bridgehead atoms. The standard InChI is InChI=1S/C4H8FN.ClH/c1-4(6)2-3(4)5;/h3H,2,6H2,1H3;1H. The molecule has 3 heteroatoms. The second kappa shape index (κ2) is 1.60. The van der Waals surface area contributed by atoms with Gasteiger partial charge in [0.25, 0.3) is 0 Å². The van der Waals surface area contributed by atoms with Gasteiger partial charge in [0.15, 0.2) is 0 Å². The van der Waals surface area contributed by atoms with Gasteiger partial charge in [-0.15, -0.1) is 12.4 Å². The third-order valence-corrected chi connectivity index (χ3v) is 1.17. The topological polar surface area (TPSA) is 26.0 Å².